The summed E-state index contributed by atoms with van der Waals surface area (Å²) in [7, 11) is 1.72. The number of aryl methyl sites for hydroxylation is 2. The van der Waals surface area contributed by atoms with E-state index >= 15 is 0 Å². The molecule has 1 aromatic carbocycles. The number of hydrogen-bond acceptors (Lipinski definition) is 3. The molecule has 4 amide bonds. The quantitative estimate of drug-likeness (QED) is 0.693. The van der Waals surface area contributed by atoms with Crippen molar-refractivity contribution in [1.82, 2.24) is 15.1 Å². The van der Waals surface area contributed by atoms with Crippen molar-refractivity contribution in [3.8, 4) is 0 Å². The molecule has 1 saturated heterocycles. The summed E-state index contributed by atoms with van der Waals surface area (Å²) in [6.07, 6.45) is 4.23. The maximum absolute atomic E-state index is 13.2. The lowest BCUT2D eigenvalue weighted by molar-refractivity contribution is -0.139. The Morgan fingerprint density at radius 3 is 2.45 bits per heavy atom. The summed E-state index contributed by atoms with van der Waals surface area (Å²) in [5, 5.41) is 2.94. The van der Waals surface area contributed by atoms with Crippen molar-refractivity contribution >= 4 is 17.8 Å². The molecule has 1 heterocycles. The summed E-state index contributed by atoms with van der Waals surface area (Å²) in [4.78, 5) is 41.3. The predicted molar refractivity (Wildman–Crippen MR) is 121 cm³/mol. The molecular formula is C25H37N3O3. The minimum atomic E-state index is -0.830. The molecule has 1 spiro atoms. The largest absolute Gasteiger partial charge is 0.340 e. The van der Waals surface area contributed by atoms with Crippen LogP contribution in [0.1, 0.15) is 69.6 Å². The molecule has 1 aromatic rings. The van der Waals surface area contributed by atoms with Crippen molar-refractivity contribution in [2.45, 2.75) is 78.8 Å². The summed E-state index contributed by atoms with van der Waals surface area (Å²) >= 11 is 0. The average Bonchev–Trinajstić information content (AvgIpc) is 2.94. The number of benzene rings is 1. The number of nitrogens with one attached hydrogen (secondary N) is 1. The second kappa shape index (κ2) is 8.64. The fourth-order valence-corrected chi connectivity index (χ4v) is 4.96. The Kier molecular flexibility index (Phi) is 6.49. The number of carbonyl (C=O) groups excluding carboxylic acids is 3. The van der Waals surface area contributed by atoms with E-state index in [4.69, 9.17) is 0 Å². The number of rotatable bonds is 6. The molecule has 170 valence electrons. The fourth-order valence-electron chi connectivity index (χ4n) is 4.96. The zero-order chi connectivity index (χ0) is 23.0. The highest BCUT2D eigenvalue weighted by molar-refractivity contribution is 6.09. The molecule has 0 unspecified atom stereocenters. The standard InChI is InChI=1S/C25H37N3O3/c1-7-24(4,5)20-10-12-25(13-11-20)22(30)28(23(31)26-25)16-21(29)27(6)15-19-9-8-17(2)14-18(19)3/h8-9,14,20H,7,10-13,15-16H2,1-6H3,(H,26,31). The van der Waals surface area contributed by atoms with Crippen molar-refractivity contribution in [2.24, 2.45) is 11.3 Å². The predicted octanol–water partition coefficient (Wildman–Crippen LogP) is 4.18. The average molecular weight is 428 g/mol. The van der Waals surface area contributed by atoms with Gasteiger partial charge in [-0.05, 0) is 62.0 Å². The first kappa shape index (κ1) is 23.3. The topological polar surface area (TPSA) is 69.7 Å². The zero-order valence-corrected chi connectivity index (χ0v) is 19.9. The zero-order valence-electron chi connectivity index (χ0n) is 19.9. The monoisotopic (exact) mass is 427 g/mol. The minimum Gasteiger partial charge on any atom is -0.340 e. The van der Waals surface area contributed by atoms with Gasteiger partial charge in [0.25, 0.3) is 5.91 Å². The molecule has 1 saturated carbocycles. The van der Waals surface area contributed by atoms with E-state index in [0.29, 0.717) is 25.3 Å². The van der Waals surface area contributed by atoms with E-state index in [2.05, 4.69) is 32.2 Å². The van der Waals surface area contributed by atoms with Crippen molar-refractivity contribution in [2.75, 3.05) is 13.6 Å². The highest BCUT2D eigenvalue weighted by Gasteiger charge is 2.53. The summed E-state index contributed by atoms with van der Waals surface area (Å²) in [6.45, 7) is 11.1. The maximum Gasteiger partial charge on any atom is 0.325 e. The van der Waals surface area contributed by atoms with Gasteiger partial charge in [-0.1, -0.05) is 51.0 Å². The molecule has 0 aromatic heterocycles. The van der Waals surface area contributed by atoms with Crippen molar-refractivity contribution < 1.29 is 14.4 Å². The number of urea groups is 1. The first-order chi connectivity index (χ1) is 14.5. The third-order valence-corrected chi connectivity index (χ3v) is 7.73. The number of imide groups is 1. The molecule has 0 radical (unpaired) electrons. The van der Waals surface area contributed by atoms with Crippen LogP contribution in [0, 0.1) is 25.2 Å². The number of amides is 4. The third kappa shape index (κ3) is 4.63. The Morgan fingerprint density at radius 2 is 1.87 bits per heavy atom. The molecule has 3 rings (SSSR count). The minimum absolute atomic E-state index is 0.211. The summed E-state index contributed by atoms with van der Waals surface area (Å²) < 4.78 is 0. The molecule has 31 heavy (non-hydrogen) atoms. The van der Waals surface area contributed by atoms with Gasteiger partial charge in [-0.3, -0.25) is 14.5 Å². The van der Waals surface area contributed by atoms with Crippen LogP contribution in [0.15, 0.2) is 18.2 Å². The Labute approximate surface area is 186 Å². The van der Waals surface area contributed by atoms with Crippen LogP contribution in [-0.4, -0.2) is 46.8 Å². The van der Waals surface area contributed by atoms with E-state index in [9.17, 15) is 14.4 Å². The molecular weight excluding hydrogens is 390 g/mol. The molecule has 6 heteroatoms. The molecule has 0 atom stereocenters. The van der Waals surface area contributed by atoms with Gasteiger partial charge in [0.1, 0.15) is 12.1 Å². The number of likely N-dealkylation sites (N-methyl/N-ethyl adjacent to an activating group) is 1. The Morgan fingerprint density at radius 1 is 1.23 bits per heavy atom. The van der Waals surface area contributed by atoms with Crippen LogP contribution in [0.25, 0.3) is 0 Å². The summed E-state index contributed by atoms with van der Waals surface area (Å²) in [6, 6.07) is 5.70. The fraction of sp³-hybridized carbons (Fsp3) is 0.640. The van der Waals surface area contributed by atoms with E-state index in [0.717, 1.165) is 35.3 Å². The van der Waals surface area contributed by atoms with Gasteiger partial charge < -0.3 is 10.2 Å². The molecule has 1 aliphatic carbocycles. The molecule has 2 fully saturated rings. The summed E-state index contributed by atoms with van der Waals surface area (Å²) in [5.74, 6) is 0.0761. The van der Waals surface area contributed by atoms with E-state index < -0.39 is 11.6 Å². The van der Waals surface area contributed by atoms with E-state index in [1.807, 2.05) is 26.0 Å². The Balaban J connectivity index is 1.63. The second-order valence-corrected chi connectivity index (χ2v) is 10.2. The van der Waals surface area contributed by atoms with Gasteiger partial charge in [0.2, 0.25) is 5.91 Å². The SMILES string of the molecule is CCC(C)(C)C1CCC2(CC1)NC(=O)N(CC(=O)N(C)Cc1ccc(C)cc1C)C2=O. The van der Waals surface area contributed by atoms with Crippen LogP contribution in [0.2, 0.25) is 0 Å². The van der Waals surface area contributed by atoms with Gasteiger partial charge >= 0.3 is 6.03 Å². The number of carbonyl (C=O) groups is 3. The van der Waals surface area contributed by atoms with Crippen LogP contribution in [-0.2, 0) is 16.1 Å². The van der Waals surface area contributed by atoms with Gasteiger partial charge in [-0.2, -0.15) is 0 Å². The van der Waals surface area contributed by atoms with Crippen molar-refractivity contribution in [3.05, 3.63) is 34.9 Å². The second-order valence-electron chi connectivity index (χ2n) is 10.2. The first-order valence-electron chi connectivity index (χ1n) is 11.4. The third-order valence-electron chi connectivity index (χ3n) is 7.73. The number of hydrogen-bond donors (Lipinski definition) is 1. The van der Waals surface area contributed by atoms with Gasteiger partial charge in [-0.15, -0.1) is 0 Å². The summed E-state index contributed by atoms with van der Waals surface area (Å²) in [5.41, 5.74) is 2.77. The van der Waals surface area contributed by atoms with E-state index in [1.165, 1.54) is 5.56 Å². The van der Waals surface area contributed by atoms with Gasteiger partial charge in [0.05, 0.1) is 0 Å². The van der Waals surface area contributed by atoms with Gasteiger partial charge in [0, 0.05) is 13.6 Å². The van der Waals surface area contributed by atoms with Crippen molar-refractivity contribution in [3.63, 3.8) is 0 Å². The molecule has 0 bridgehead atoms. The molecule has 2 aliphatic rings. The molecule has 6 nitrogen and oxygen atoms in total. The lowest BCUT2D eigenvalue weighted by Gasteiger charge is -2.42. The van der Waals surface area contributed by atoms with Crippen LogP contribution in [0.5, 0.6) is 0 Å². The lowest BCUT2D eigenvalue weighted by Crippen LogP contribution is -2.51. The van der Waals surface area contributed by atoms with E-state index in [1.54, 1.807) is 11.9 Å². The normalized spacial score (nSPS) is 23.9. The van der Waals surface area contributed by atoms with Crippen LogP contribution < -0.4 is 5.32 Å². The van der Waals surface area contributed by atoms with Crippen molar-refractivity contribution in [1.29, 1.82) is 0 Å². The van der Waals surface area contributed by atoms with Crippen LogP contribution in [0.3, 0.4) is 0 Å². The van der Waals surface area contributed by atoms with Crippen LogP contribution in [0.4, 0.5) is 4.79 Å². The smallest absolute Gasteiger partial charge is 0.325 e. The van der Waals surface area contributed by atoms with Gasteiger partial charge in [0.15, 0.2) is 0 Å². The lowest BCUT2D eigenvalue weighted by atomic mass is 9.65. The molecule has 1 N–H and O–H groups in total. The maximum atomic E-state index is 13.2. The highest BCUT2D eigenvalue weighted by atomic mass is 16.2. The Hall–Kier alpha value is -2.37. The molecule has 1 aliphatic heterocycles. The Bertz CT molecular complexity index is 869. The van der Waals surface area contributed by atoms with E-state index in [-0.39, 0.29) is 23.8 Å². The van der Waals surface area contributed by atoms with Gasteiger partial charge in [-0.25, -0.2) is 4.79 Å². The first-order valence-corrected chi connectivity index (χ1v) is 11.4. The number of nitrogens with zero attached hydrogens (tertiary/aromatic N) is 2. The van der Waals surface area contributed by atoms with Crippen LogP contribution >= 0.6 is 0 Å². The highest BCUT2D eigenvalue weighted by Crippen LogP contribution is 2.45.